The molecule has 2 bridgehead atoms. The normalized spacial score (nSPS) is 23.4. The number of imidazole rings is 1. The van der Waals surface area contributed by atoms with Crippen LogP contribution in [0.25, 0.3) is 11.0 Å². The molecule has 1 aromatic heterocycles. The summed E-state index contributed by atoms with van der Waals surface area (Å²) in [4.78, 5) is 23.2. The summed E-state index contributed by atoms with van der Waals surface area (Å²) < 4.78 is 29.5. The van der Waals surface area contributed by atoms with Crippen molar-refractivity contribution >= 4 is 27.0 Å². The highest BCUT2D eigenvalue weighted by atomic mass is 32.2. The van der Waals surface area contributed by atoms with Crippen molar-refractivity contribution in [1.29, 1.82) is 0 Å². The average molecular weight is 626 g/mol. The summed E-state index contributed by atoms with van der Waals surface area (Å²) in [6.45, 7) is 4.52. The van der Waals surface area contributed by atoms with Crippen LogP contribution in [0, 0.1) is 6.92 Å². The maximum Gasteiger partial charge on any atom is 0.253 e. The summed E-state index contributed by atoms with van der Waals surface area (Å²) in [5, 5.41) is 0. The molecule has 45 heavy (non-hydrogen) atoms. The van der Waals surface area contributed by atoms with Crippen molar-refractivity contribution < 1.29 is 13.2 Å². The van der Waals surface area contributed by atoms with E-state index in [4.69, 9.17) is 4.98 Å². The summed E-state index contributed by atoms with van der Waals surface area (Å²) in [6.07, 6.45) is 7.71. The van der Waals surface area contributed by atoms with Gasteiger partial charge in [-0.1, -0.05) is 48.5 Å². The molecule has 0 aliphatic carbocycles. The Morgan fingerprint density at radius 2 is 1.60 bits per heavy atom. The standard InChI is InChI=1S/C36H43N5O3S/c1-26-38-33-13-6-7-14-34(33)41(26)31-24-29-15-16-30(25-31)40(29)22-19-36(28-10-4-3-5-11-28)17-20-39(21-18-36)35(42)27-9-8-12-32(23-27)45(43,44)37-2/h3-14,23,29-31,37H,15-22,24-25H2,1-2H3. The van der Waals surface area contributed by atoms with Crippen LogP contribution in [0.15, 0.2) is 83.8 Å². The molecule has 7 rings (SSSR count). The number of amides is 1. The highest BCUT2D eigenvalue weighted by Gasteiger charge is 2.44. The van der Waals surface area contributed by atoms with E-state index < -0.39 is 10.0 Å². The Morgan fingerprint density at radius 3 is 2.31 bits per heavy atom. The number of carbonyl (C=O) groups is 1. The van der Waals surface area contributed by atoms with Crippen molar-refractivity contribution in [2.24, 2.45) is 0 Å². The van der Waals surface area contributed by atoms with Gasteiger partial charge in [-0.15, -0.1) is 0 Å². The van der Waals surface area contributed by atoms with E-state index in [9.17, 15) is 13.2 Å². The quantitative estimate of drug-likeness (QED) is 0.272. The Hall–Kier alpha value is -3.53. The van der Waals surface area contributed by atoms with Crippen LogP contribution in [0.1, 0.15) is 72.7 Å². The number of carbonyl (C=O) groups excluding carboxylic acids is 1. The number of rotatable bonds is 8. The molecular weight excluding hydrogens is 582 g/mol. The van der Waals surface area contributed by atoms with Crippen LogP contribution in [0.5, 0.6) is 0 Å². The maximum absolute atomic E-state index is 13.5. The molecule has 8 nitrogen and oxygen atoms in total. The van der Waals surface area contributed by atoms with Crippen molar-refractivity contribution in [3.63, 3.8) is 0 Å². The van der Waals surface area contributed by atoms with Gasteiger partial charge in [0.05, 0.1) is 15.9 Å². The van der Waals surface area contributed by atoms with Gasteiger partial charge < -0.3 is 9.47 Å². The molecule has 0 saturated carbocycles. The van der Waals surface area contributed by atoms with Gasteiger partial charge in [0.25, 0.3) is 5.91 Å². The summed E-state index contributed by atoms with van der Waals surface area (Å²) in [5.41, 5.74) is 4.13. The third kappa shape index (κ3) is 5.59. The number of aromatic nitrogens is 2. The van der Waals surface area contributed by atoms with Gasteiger partial charge in [0.15, 0.2) is 0 Å². The van der Waals surface area contributed by atoms with E-state index in [1.165, 1.54) is 55.9 Å². The third-order valence-electron chi connectivity index (χ3n) is 10.9. The van der Waals surface area contributed by atoms with E-state index in [-0.39, 0.29) is 16.2 Å². The molecule has 236 valence electrons. The number of likely N-dealkylation sites (tertiary alicyclic amines) is 1. The summed E-state index contributed by atoms with van der Waals surface area (Å²) in [5.74, 6) is 1.01. The smallest absolute Gasteiger partial charge is 0.253 e. The number of benzene rings is 3. The van der Waals surface area contributed by atoms with Gasteiger partial charge in [-0.05, 0) is 107 Å². The van der Waals surface area contributed by atoms with E-state index in [1.54, 1.807) is 12.1 Å². The topological polar surface area (TPSA) is 87.5 Å². The summed E-state index contributed by atoms with van der Waals surface area (Å²) >= 11 is 0. The monoisotopic (exact) mass is 625 g/mol. The molecule has 2 atom stereocenters. The second-order valence-corrected chi connectivity index (χ2v) is 15.1. The van der Waals surface area contributed by atoms with Gasteiger partial charge in [0, 0.05) is 36.8 Å². The number of nitrogens with zero attached hydrogens (tertiary/aromatic N) is 4. The lowest BCUT2D eigenvalue weighted by Gasteiger charge is -2.45. The van der Waals surface area contributed by atoms with Crippen LogP contribution in [0.3, 0.4) is 0 Å². The summed E-state index contributed by atoms with van der Waals surface area (Å²) in [6, 6.07) is 27.4. The second-order valence-electron chi connectivity index (χ2n) is 13.2. The number of piperidine rings is 2. The first kappa shape index (κ1) is 30.1. The third-order valence-corrected chi connectivity index (χ3v) is 12.3. The van der Waals surface area contributed by atoms with E-state index in [0.29, 0.717) is 36.8 Å². The molecular formula is C36H43N5O3S. The van der Waals surface area contributed by atoms with E-state index in [2.05, 4.69) is 75.7 Å². The molecule has 3 aliphatic heterocycles. The van der Waals surface area contributed by atoms with Crippen molar-refractivity contribution in [3.8, 4) is 0 Å². The fourth-order valence-corrected chi connectivity index (χ4v) is 9.28. The van der Waals surface area contributed by atoms with Gasteiger partial charge >= 0.3 is 0 Å². The zero-order chi connectivity index (χ0) is 31.2. The van der Waals surface area contributed by atoms with E-state index in [1.807, 2.05) is 4.90 Å². The Balaban J connectivity index is 1.06. The number of para-hydroxylation sites is 2. The number of hydrogen-bond donors (Lipinski definition) is 1. The second kappa shape index (κ2) is 12.0. The minimum atomic E-state index is -3.62. The largest absolute Gasteiger partial charge is 0.339 e. The highest BCUT2D eigenvalue weighted by Crippen LogP contribution is 2.45. The molecule has 9 heteroatoms. The van der Waals surface area contributed by atoms with Crippen LogP contribution in [0.4, 0.5) is 0 Å². The molecule has 0 radical (unpaired) electrons. The number of fused-ring (bicyclic) bond motifs is 3. The number of hydrogen-bond acceptors (Lipinski definition) is 5. The van der Waals surface area contributed by atoms with Gasteiger partial charge in [-0.3, -0.25) is 9.69 Å². The van der Waals surface area contributed by atoms with Crippen LogP contribution in [-0.2, 0) is 15.4 Å². The lowest BCUT2D eigenvalue weighted by molar-refractivity contribution is 0.0606. The SMILES string of the molecule is CNS(=O)(=O)c1cccc(C(=O)N2CCC(CCN3C4CCC3CC(n3c(C)nc5ccccc53)C4)(c3ccccc3)CC2)c1. The Morgan fingerprint density at radius 1 is 0.911 bits per heavy atom. The number of sulfonamides is 1. The Labute approximate surface area is 266 Å². The summed E-state index contributed by atoms with van der Waals surface area (Å²) in [7, 11) is -2.24. The maximum atomic E-state index is 13.5. The number of nitrogens with one attached hydrogen (secondary N) is 1. The Kier molecular flexibility index (Phi) is 8.04. The fourth-order valence-electron chi connectivity index (χ4n) is 8.50. The highest BCUT2D eigenvalue weighted by molar-refractivity contribution is 7.89. The van der Waals surface area contributed by atoms with E-state index >= 15 is 0 Å². The Bertz CT molecular complexity index is 1780. The molecule has 1 amide bonds. The van der Waals surface area contributed by atoms with Crippen molar-refractivity contribution in [2.45, 2.75) is 80.3 Å². The van der Waals surface area contributed by atoms with Crippen LogP contribution >= 0.6 is 0 Å². The first-order chi connectivity index (χ1) is 21.8. The number of aryl methyl sites for hydroxylation is 1. The molecule has 4 aromatic rings. The molecule has 3 aliphatic rings. The first-order valence-electron chi connectivity index (χ1n) is 16.4. The van der Waals surface area contributed by atoms with Crippen LogP contribution < -0.4 is 4.72 Å². The first-order valence-corrected chi connectivity index (χ1v) is 17.8. The molecule has 3 saturated heterocycles. The lowest BCUT2D eigenvalue weighted by atomic mass is 9.70. The molecule has 4 heterocycles. The van der Waals surface area contributed by atoms with Gasteiger partial charge in [0.2, 0.25) is 10.0 Å². The predicted molar refractivity (Wildman–Crippen MR) is 177 cm³/mol. The van der Waals surface area contributed by atoms with Gasteiger partial charge in [-0.2, -0.15) is 0 Å². The zero-order valence-electron chi connectivity index (χ0n) is 26.2. The molecule has 1 N–H and O–H groups in total. The molecule has 0 spiro atoms. The van der Waals surface area contributed by atoms with Gasteiger partial charge in [-0.25, -0.2) is 18.1 Å². The van der Waals surface area contributed by atoms with Gasteiger partial charge in [0.1, 0.15) is 5.82 Å². The molecule has 3 aromatic carbocycles. The minimum absolute atomic E-state index is 0.00276. The lowest BCUT2D eigenvalue weighted by Crippen LogP contribution is -2.49. The minimum Gasteiger partial charge on any atom is -0.339 e. The van der Waals surface area contributed by atoms with E-state index in [0.717, 1.165) is 37.1 Å². The van der Waals surface area contributed by atoms with Crippen LogP contribution in [0.2, 0.25) is 0 Å². The van der Waals surface area contributed by atoms with Crippen molar-refractivity contribution in [3.05, 3.63) is 95.8 Å². The molecule has 3 fully saturated rings. The zero-order valence-corrected chi connectivity index (χ0v) is 27.0. The predicted octanol–water partition coefficient (Wildman–Crippen LogP) is 5.69. The average Bonchev–Trinajstić information content (AvgIpc) is 3.54. The van der Waals surface area contributed by atoms with Crippen molar-refractivity contribution in [2.75, 3.05) is 26.7 Å². The fraction of sp³-hybridized carbons (Fsp3) is 0.444. The molecule has 2 unspecified atom stereocenters. The van der Waals surface area contributed by atoms with Crippen LogP contribution in [-0.4, -0.2) is 72.4 Å². The van der Waals surface area contributed by atoms with Crippen molar-refractivity contribution in [1.82, 2.24) is 24.1 Å².